The normalized spacial score (nSPS) is 32.7. The molecule has 136 valence electrons. The number of hydrogen-bond acceptors (Lipinski definition) is 2. The van der Waals surface area contributed by atoms with Crippen LogP contribution in [0.3, 0.4) is 0 Å². The van der Waals surface area contributed by atoms with Crippen molar-refractivity contribution in [3.05, 3.63) is 59.4 Å². The molecule has 4 aliphatic rings. The van der Waals surface area contributed by atoms with Crippen LogP contribution in [0.15, 0.2) is 36.5 Å². The van der Waals surface area contributed by atoms with Crippen LogP contribution in [0.2, 0.25) is 0 Å². The van der Waals surface area contributed by atoms with Crippen molar-refractivity contribution >= 4 is 5.91 Å². The molecule has 3 atom stereocenters. The number of nitrogens with one attached hydrogen (secondary N) is 1. The highest BCUT2D eigenvalue weighted by atomic mass is 19.1. The highest BCUT2D eigenvalue weighted by Gasteiger charge is 2.54. The summed E-state index contributed by atoms with van der Waals surface area (Å²) in [5, 5.41) is 0. The Balaban J connectivity index is 1.55. The first-order valence-electron chi connectivity index (χ1n) is 9.26. The van der Waals surface area contributed by atoms with E-state index in [4.69, 9.17) is 0 Å². The Morgan fingerprint density at radius 3 is 2.46 bits per heavy atom. The molecule has 6 heteroatoms. The van der Waals surface area contributed by atoms with Gasteiger partial charge in [-0.3, -0.25) is 9.69 Å². The van der Waals surface area contributed by atoms with Crippen molar-refractivity contribution in [2.24, 2.45) is 5.92 Å². The average molecular weight is 357 g/mol. The van der Waals surface area contributed by atoms with Gasteiger partial charge in [0.25, 0.3) is 5.91 Å². The van der Waals surface area contributed by atoms with Crippen LogP contribution in [0.5, 0.6) is 0 Å². The first-order valence-corrected chi connectivity index (χ1v) is 9.26. The second kappa shape index (κ2) is 5.91. The molecule has 26 heavy (non-hydrogen) atoms. The van der Waals surface area contributed by atoms with Crippen molar-refractivity contribution in [1.29, 1.82) is 0 Å². The number of carbonyl (C=O) groups is 1. The van der Waals surface area contributed by atoms with Gasteiger partial charge in [0.1, 0.15) is 17.3 Å². The molecule has 1 amide bonds. The van der Waals surface area contributed by atoms with Crippen LogP contribution in [0.1, 0.15) is 34.8 Å². The average Bonchev–Trinajstić information content (AvgIpc) is 3.30. The number of halogens is 2. The Morgan fingerprint density at radius 2 is 1.81 bits per heavy atom. The van der Waals surface area contributed by atoms with Crippen molar-refractivity contribution in [2.75, 3.05) is 19.6 Å². The van der Waals surface area contributed by atoms with Gasteiger partial charge >= 0.3 is 0 Å². The number of aromatic amines is 1. The van der Waals surface area contributed by atoms with Gasteiger partial charge in [-0.2, -0.15) is 0 Å². The van der Waals surface area contributed by atoms with Gasteiger partial charge in [0, 0.05) is 30.8 Å². The molecular formula is C20H21F2N3O. The number of hydrogen-bond donors (Lipinski definition) is 1. The van der Waals surface area contributed by atoms with E-state index in [1.807, 2.05) is 11.0 Å². The van der Waals surface area contributed by atoms with Gasteiger partial charge in [-0.1, -0.05) is 0 Å². The van der Waals surface area contributed by atoms with E-state index in [2.05, 4.69) is 9.88 Å². The summed E-state index contributed by atoms with van der Waals surface area (Å²) < 4.78 is 27.7. The van der Waals surface area contributed by atoms with E-state index < -0.39 is 11.6 Å². The Morgan fingerprint density at radius 1 is 1.08 bits per heavy atom. The number of H-pyrrole nitrogens is 1. The molecule has 4 fully saturated rings. The van der Waals surface area contributed by atoms with Crippen LogP contribution >= 0.6 is 0 Å². The van der Waals surface area contributed by atoms with Gasteiger partial charge < -0.3 is 9.88 Å². The number of fused-ring (bicyclic) bond motifs is 2. The Kier molecular flexibility index (Phi) is 3.64. The Labute approximate surface area is 150 Å². The first-order chi connectivity index (χ1) is 12.6. The molecule has 6 rings (SSSR count). The highest BCUT2D eigenvalue weighted by molar-refractivity contribution is 5.93. The summed E-state index contributed by atoms with van der Waals surface area (Å²) in [5.74, 6) is -0.721. The predicted molar refractivity (Wildman–Crippen MR) is 92.8 cm³/mol. The van der Waals surface area contributed by atoms with Gasteiger partial charge in [0.2, 0.25) is 0 Å². The summed E-state index contributed by atoms with van der Waals surface area (Å²) >= 11 is 0. The second-order valence-corrected chi connectivity index (χ2v) is 7.71. The van der Waals surface area contributed by atoms with Crippen LogP contribution in [0, 0.1) is 17.6 Å². The molecule has 0 aliphatic carbocycles. The number of carbonyl (C=O) groups excluding carboxylic acids is 1. The predicted octanol–water partition coefficient (Wildman–Crippen LogP) is 3.00. The molecule has 1 aromatic heterocycles. The molecule has 5 heterocycles. The number of benzene rings is 1. The molecule has 4 aliphatic heterocycles. The minimum Gasteiger partial charge on any atom is -0.357 e. The first kappa shape index (κ1) is 16.0. The molecule has 4 saturated heterocycles. The lowest BCUT2D eigenvalue weighted by molar-refractivity contribution is -0.00359. The summed E-state index contributed by atoms with van der Waals surface area (Å²) in [6.07, 6.45) is 3.91. The van der Waals surface area contributed by atoms with E-state index in [1.54, 1.807) is 12.3 Å². The number of rotatable bonds is 2. The number of amides is 1. The zero-order chi connectivity index (χ0) is 17.8. The molecule has 0 spiro atoms. The third kappa shape index (κ3) is 2.39. The molecule has 1 aromatic carbocycles. The molecule has 0 radical (unpaired) electrons. The van der Waals surface area contributed by atoms with E-state index >= 15 is 0 Å². The molecule has 2 aromatic rings. The third-order valence-electron chi connectivity index (χ3n) is 6.40. The van der Waals surface area contributed by atoms with Crippen LogP contribution in [0.25, 0.3) is 0 Å². The van der Waals surface area contributed by atoms with Crippen molar-refractivity contribution < 1.29 is 13.6 Å². The summed E-state index contributed by atoms with van der Waals surface area (Å²) in [4.78, 5) is 20.4. The number of aromatic nitrogens is 1. The SMILES string of the molecule is O=C(c1ccc[nH]1)N1C[C@H](c2cc(F)cc(F)c2)[C@H]2[C@@H]1C1CCN2CC1. The number of piperidine rings is 3. The zero-order valence-electron chi connectivity index (χ0n) is 14.4. The molecule has 0 saturated carbocycles. The Hall–Kier alpha value is -2.21. The minimum absolute atomic E-state index is 0.0156. The van der Waals surface area contributed by atoms with Crippen LogP contribution in [0.4, 0.5) is 8.78 Å². The topological polar surface area (TPSA) is 39.3 Å². The van der Waals surface area contributed by atoms with Crippen molar-refractivity contribution in [3.8, 4) is 0 Å². The summed E-state index contributed by atoms with van der Waals surface area (Å²) in [7, 11) is 0. The fourth-order valence-corrected chi connectivity index (χ4v) is 5.36. The van der Waals surface area contributed by atoms with Crippen molar-refractivity contribution in [1.82, 2.24) is 14.8 Å². The number of likely N-dealkylation sites (tertiary alicyclic amines) is 1. The summed E-state index contributed by atoms with van der Waals surface area (Å²) in [6.45, 7) is 2.51. The fourth-order valence-electron chi connectivity index (χ4n) is 5.36. The highest BCUT2D eigenvalue weighted by Crippen LogP contribution is 2.47. The van der Waals surface area contributed by atoms with Gasteiger partial charge in [-0.25, -0.2) is 8.78 Å². The maximum atomic E-state index is 13.8. The lowest BCUT2D eigenvalue weighted by Crippen LogP contribution is -2.60. The number of nitrogens with zero attached hydrogens (tertiary/aromatic N) is 2. The molecule has 0 unspecified atom stereocenters. The largest absolute Gasteiger partial charge is 0.357 e. The Bertz CT molecular complexity index is 809. The monoisotopic (exact) mass is 357 g/mol. The van der Waals surface area contributed by atoms with E-state index in [9.17, 15) is 13.6 Å². The van der Waals surface area contributed by atoms with E-state index in [0.717, 1.165) is 32.0 Å². The van der Waals surface area contributed by atoms with Crippen LogP contribution in [-0.4, -0.2) is 52.4 Å². The van der Waals surface area contributed by atoms with E-state index in [0.29, 0.717) is 23.7 Å². The smallest absolute Gasteiger partial charge is 0.270 e. The lowest BCUT2D eigenvalue weighted by atomic mass is 9.75. The van der Waals surface area contributed by atoms with Crippen LogP contribution in [-0.2, 0) is 0 Å². The van der Waals surface area contributed by atoms with Gasteiger partial charge in [0.15, 0.2) is 0 Å². The third-order valence-corrected chi connectivity index (χ3v) is 6.40. The van der Waals surface area contributed by atoms with Gasteiger partial charge in [-0.05, 0) is 61.7 Å². The van der Waals surface area contributed by atoms with Crippen molar-refractivity contribution in [2.45, 2.75) is 30.8 Å². The van der Waals surface area contributed by atoms with Crippen molar-refractivity contribution in [3.63, 3.8) is 0 Å². The van der Waals surface area contributed by atoms with Gasteiger partial charge in [-0.15, -0.1) is 0 Å². The molecular weight excluding hydrogens is 336 g/mol. The fraction of sp³-hybridized carbons (Fsp3) is 0.450. The zero-order valence-corrected chi connectivity index (χ0v) is 14.4. The van der Waals surface area contributed by atoms with Gasteiger partial charge in [0.05, 0.1) is 6.04 Å². The molecule has 4 nitrogen and oxygen atoms in total. The maximum Gasteiger partial charge on any atom is 0.270 e. The standard InChI is InChI=1S/C20H21F2N3O/c21-14-8-13(9-15(22)10-14)16-11-25(20(26)17-2-1-5-23-17)18-12-3-6-24(7-4-12)19(16)18/h1-2,5,8-10,12,16,18-19,23H,3-4,6-7,11H2/t16-,18+,19+/m1/s1. The summed E-state index contributed by atoms with van der Waals surface area (Å²) in [6, 6.07) is 7.62. The lowest BCUT2D eigenvalue weighted by Gasteiger charge is -2.51. The minimum atomic E-state index is -0.554. The second-order valence-electron chi connectivity index (χ2n) is 7.71. The maximum absolute atomic E-state index is 13.8. The van der Waals surface area contributed by atoms with Crippen LogP contribution < -0.4 is 0 Å². The van der Waals surface area contributed by atoms with E-state index in [-0.39, 0.29) is 23.9 Å². The molecule has 2 bridgehead atoms. The quantitative estimate of drug-likeness (QED) is 0.898. The van der Waals surface area contributed by atoms with E-state index in [1.165, 1.54) is 12.1 Å². The summed E-state index contributed by atoms with van der Waals surface area (Å²) in [5.41, 5.74) is 1.23. The molecule has 1 N–H and O–H groups in total.